The van der Waals surface area contributed by atoms with Gasteiger partial charge in [0.15, 0.2) is 0 Å². The van der Waals surface area contributed by atoms with E-state index in [1.165, 1.54) is 24.9 Å². The number of rotatable bonds is 5. The zero-order valence-electron chi connectivity index (χ0n) is 14.5. The molecule has 2 aromatic heterocycles. The largest absolute Gasteiger partial charge is 0.480 e. The number of anilines is 1. The van der Waals surface area contributed by atoms with E-state index in [4.69, 9.17) is 4.74 Å². The number of ether oxygens (including phenoxy) is 1. The van der Waals surface area contributed by atoms with Crippen molar-refractivity contribution in [1.82, 2.24) is 19.6 Å². The van der Waals surface area contributed by atoms with Gasteiger partial charge in [0.1, 0.15) is 23.8 Å². The fraction of sp³-hybridized carbons (Fsp3) is 0.353. The summed E-state index contributed by atoms with van der Waals surface area (Å²) in [4.78, 5) is 8.32. The van der Waals surface area contributed by atoms with Gasteiger partial charge < -0.3 is 10.1 Å². The molecule has 0 saturated heterocycles. The highest BCUT2D eigenvalue weighted by atomic mass is 19.1. The molecule has 0 aliphatic heterocycles. The lowest BCUT2D eigenvalue weighted by Gasteiger charge is -2.19. The molecule has 3 aromatic rings. The van der Waals surface area contributed by atoms with Crippen molar-refractivity contribution in [3.8, 4) is 17.0 Å². The van der Waals surface area contributed by atoms with Crippen LogP contribution in [0.4, 0.5) is 14.6 Å². The molecule has 0 radical (unpaired) electrons. The van der Waals surface area contributed by atoms with Gasteiger partial charge in [-0.25, -0.2) is 8.78 Å². The molecule has 3 rings (SSSR count). The number of fused-ring (bicyclic) bond motifs is 1. The average Bonchev–Trinajstić information content (AvgIpc) is 3.06. The standard InChI is InChI=1S/C17H19F2N5O/c1-5-10(3)22-15-14(11-7-12(18)9(2)6-13(11)19)16(25-4)23-17-20-8-21-24(15)17/h6-8,10,22H,5H2,1-4H3. The zero-order valence-corrected chi connectivity index (χ0v) is 14.5. The Morgan fingerprint density at radius 1 is 1.28 bits per heavy atom. The number of hydrogen-bond acceptors (Lipinski definition) is 5. The quantitative estimate of drug-likeness (QED) is 0.764. The van der Waals surface area contributed by atoms with E-state index in [1.807, 2.05) is 13.8 Å². The lowest BCUT2D eigenvalue weighted by atomic mass is 10.0. The van der Waals surface area contributed by atoms with E-state index >= 15 is 0 Å². The lowest BCUT2D eigenvalue weighted by Crippen LogP contribution is -2.18. The van der Waals surface area contributed by atoms with Crippen molar-refractivity contribution < 1.29 is 13.5 Å². The molecule has 8 heteroatoms. The summed E-state index contributed by atoms with van der Waals surface area (Å²) in [6, 6.07) is 2.37. The van der Waals surface area contributed by atoms with E-state index in [-0.39, 0.29) is 23.0 Å². The molecule has 132 valence electrons. The average molecular weight is 347 g/mol. The van der Waals surface area contributed by atoms with Crippen molar-refractivity contribution in [1.29, 1.82) is 0 Å². The van der Waals surface area contributed by atoms with Crippen molar-refractivity contribution in [2.75, 3.05) is 12.4 Å². The van der Waals surface area contributed by atoms with Crippen LogP contribution in [0.25, 0.3) is 16.9 Å². The molecule has 25 heavy (non-hydrogen) atoms. The third kappa shape index (κ3) is 2.99. The van der Waals surface area contributed by atoms with Crippen LogP contribution < -0.4 is 10.1 Å². The number of aromatic nitrogens is 4. The fourth-order valence-electron chi connectivity index (χ4n) is 2.52. The topological polar surface area (TPSA) is 64.3 Å². The molecule has 0 spiro atoms. The summed E-state index contributed by atoms with van der Waals surface area (Å²) in [5.74, 6) is -0.166. The SMILES string of the molecule is CCC(C)Nc1c(-c2cc(F)c(C)cc2F)c(OC)nc2ncnn12. The van der Waals surface area contributed by atoms with Gasteiger partial charge in [0.25, 0.3) is 5.78 Å². The molecular weight excluding hydrogens is 328 g/mol. The van der Waals surface area contributed by atoms with Crippen molar-refractivity contribution in [2.24, 2.45) is 0 Å². The second-order valence-corrected chi connectivity index (χ2v) is 5.85. The van der Waals surface area contributed by atoms with Gasteiger partial charge in [0.2, 0.25) is 5.88 Å². The molecular formula is C17H19F2N5O. The predicted molar refractivity (Wildman–Crippen MR) is 90.8 cm³/mol. The van der Waals surface area contributed by atoms with Gasteiger partial charge >= 0.3 is 0 Å². The molecule has 2 heterocycles. The Kier molecular flexibility index (Phi) is 4.52. The van der Waals surface area contributed by atoms with Crippen LogP contribution >= 0.6 is 0 Å². The molecule has 1 atom stereocenters. The van der Waals surface area contributed by atoms with Crippen LogP contribution in [-0.4, -0.2) is 32.7 Å². The van der Waals surface area contributed by atoms with Gasteiger partial charge in [-0.1, -0.05) is 6.92 Å². The van der Waals surface area contributed by atoms with Gasteiger partial charge in [0.05, 0.1) is 12.7 Å². The first-order valence-electron chi connectivity index (χ1n) is 7.96. The van der Waals surface area contributed by atoms with E-state index in [9.17, 15) is 8.78 Å². The Morgan fingerprint density at radius 3 is 2.72 bits per heavy atom. The molecule has 0 bridgehead atoms. The normalized spacial score (nSPS) is 12.4. The number of nitrogens with zero attached hydrogens (tertiary/aromatic N) is 4. The minimum atomic E-state index is -0.564. The molecule has 0 amide bonds. The number of methoxy groups -OCH3 is 1. The van der Waals surface area contributed by atoms with Crippen molar-refractivity contribution in [2.45, 2.75) is 33.2 Å². The first-order valence-corrected chi connectivity index (χ1v) is 7.96. The van der Waals surface area contributed by atoms with E-state index in [2.05, 4.69) is 20.4 Å². The summed E-state index contributed by atoms with van der Waals surface area (Å²) in [5.41, 5.74) is 0.583. The lowest BCUT2D eigenvalue weighted by molar-refractivity contribution is 0.399. The third-order valence-corrected chi connectivity index (χ3v) is 4.10. The maximum Gasteiger partial charge on any atom is 0.257 e. The summed E-state index contributed by atoms with van der Waals surface area (Å²) in [6.45, 7) is 5.50. The van der Waals surface area contributed by atoms with Gasteiger partial charge in [0, 0.05) is 11.6 Å². The van der Waals surface area contributed by atoms with Crippen LogP contribution in [0.2, 0.25) is 0 Å². The van der Waals surface area contributed by atoms with Crippen LogP contribution in [0.15, 0.2) is 18.5 Å². The Balaban J connectivity index is 2.35. The Bertz CT molecular complexity index is 925. The van der Waals surface area contributed by atoms with E-state index in [0.717, 1.165) is 18.6 Å². The molecule has 6 nitrogen and oxygen atoms in total. The predicted octanol–water partition coefficient (Wildman–Crippen LogP) is 3.60. The molecule has 0 fully saturated rings. The number of aryl methyl sites for hydroxylation is 1. The van der Waals surface area contributed by atoms with Crippen LogP contribution in [-0.2, 0) is 0 Å². The summed E-state index contributed by atoms with van der Waals surface area (Å²) in [6.07, 6.45) is 2.17. The highest BCUT2D eigenvalue weighted by molar-refractivity contribution is 5.82. The summed E-state index contributed by atoms with van der Waals surface area (Å²) >= 11 is 0. The van der Waals surface area contributed by atoms with Crippen molar-refractivity contribution in [3.63, 3.8) is 0 Å². The highest BCUT2D eigenvalue weighted by Gasteiger charge is 2.23. The van der Waals surface area contributed by atoms with Gasteiger partial charge in [-0.15, -0.1) is 0 Å². The maximum absolute atomic E-state index is 14.6. The number of hydrogen-bond donors (Lipinski definition) is 1. The number of benzene rings is 1. The third-order valence-electron chi connectivity index (χ3n) is 4.10. The molecule has 0 saturated carbocycles. The van der Waals surface area contributed by atoms with E-state index in [0.29, 0.717) is 17.2 Å². The summed E-state index contributed by atoms with van der Waals surface area (Å²) in [5, 5.41) is 7.42. The zero-order chi connectivity index (χ0) is 18.1. The smallest absolute Gasteiger partial charge is 0.257 e. The number of halogens is 2. The number of nitrogens with one attached hydrogen (secondary N) is 1. The fourth-order valence-corrected chi connectivity index (χ4v) is 2.52. The van der Waals surface area contributed by atoms with Gasteiger partial charge in [-0.2, -0.15) is 19.6 Å². The summed E-state index contributed by atoms with van der Waals surface area (Å²) in [7, 11) is 1.42. The molecule has 0 aliphatic rings. The monoisotopic (exact) mass is 347 g/mol. The Morgan fingerprint density at radius 2 is 2.04 bits per heavy atom. The van der Waals surface area contributed by atoms with Crippen LogP contribution in [0, 0.1) is 18.6 Å². The first kappa shape index (κ1) is 17.1. The molecule has 1 N–H and O–H groups in total. The van der Waals surface area contributed by atoms with Gasteiger partial charge in [-0.3, -0.25) is 0 Å². The van der Waals surface area contributed by atoms with Crippen molar-refractivity contribution >= 4 is 11.6 Å². The first-order chi connectivity index (χ1) is 12.0. The van der Waals surface area contributed by atoms with Gasteiger partial charge in [-0.05, 0) is 38.0 Å². The second kappa shape index (κ2) is 6.62. The maximum atomic E-state index is 14.6. The van der Waals surface area contributed by atoms with E-state index in [1.54, 1.807) is 0 Å². The molecule has 1 aromatic carbocycles. The molecule has 0 aliphatic carbocycles. The minimum Gasteiger partial charge on any atom is -0.480 e. The van der Waals surface area contributed by atoms with Crippen LogP contribution in [0.5, 0.6) is 5.88 Å². The Hall–Kier alpha value is -2.77. The van der Waals surface area contributed by atoms with Crippen LogP contribution in [0.1, 0.15) is 25.8 Å². The highest BCUT2D eigenvalue weighted by Crippen LogP contribution is 2.38. The summed E-state index contributed by atoms with van der Waals surface area (Å²) < 4.78 is 35.5. The second-order valence-electron chi connectivity index (χ2n) is 5.85. The van der Waals surface area contributed by atoms with Crippen molar-refractivity contribution in [3.05, 3.63) is 35.7 Å². The molecule has 1 unspecified atom stereocenters. The van der Waals surface area contributed by atoms with Crippen LogP contribution in [0.3, 0.4) is 0 Å². The minimum absolute atomic E-state index is 0.0515. The van der Waals surface area contributed by atoms with E-state index < -0.39 is 11.6 Å². The Labute approximate surface area is 143 Å².